The molecule has 2 aromatic rings. The molecule has 1 saturated heterocycles. The molecule has 150 valence electrons. The minimum absolute atomic E-state index is 0.102. The Morgan fingerprint density at radius 3 is 2.36 bits per heavy atom. The molecule has 0 spiro atoms. The first-order valence-electron chi connectivity index (χ1n) is 9.99. The number of rotatable bonds is 8. The van der Waals surface area contributed by atoms with Crippen LogP contribution in [0.3, 0.4) is 0 Å². The summed E-state index contributed by atoms with van der Waals surface area (Å²) >= 11 is 6.06. The Morgan fingerprint density at radius 1 is 1.07 bits per heavy atom. The molecule has 5 heteroatoms. The van der Waals surface area contributed by atoms with E-state index in [1.165, 1.54) is 0 Å². The fraction of sp³-hybridized carbons (Fsp3) is 0.435. The normalized spacial score (nSPS) is 16.6. The summed E-state index contributed by atoms with van der Waals surface area (Å²) in [4.78, 5) is 13.9. The van der Waals surface area contributed by atoms with Gasteiger partial charge in [0.25, 0.3) is 0 Å². The van der Waals surface area contributed by atoms with Crippen LogP contribution in [0.5, 0.6) is 0 Å². The molecule has 1 fully saturated rings. The number of likely N-dealkylation sites (tertiary alicyclic amines) is 1. The molecule has 1 heterocycles. The maximum Gasteiger partial charge on any atom is 0.307 e. The van der Waals surface area contributed by atoms with Crippen molar-refractivity contribution < 1.29 is 14.3 Å². The van der Waals surface area contributed by atoms with Gasteiger partial charge < -0.3 is 14.4 Å². The molecule has 0 amide bonds. The van der Waals surface area contributed by atoms with Crippen LogP contribution >= 0.6 is 11.6 Å². The Bertz CT molecular complexity index is 727. The van der Waals surface area contributed by atoms with Crippen molar-refractivity contribution in [1.82, 2.24) is 4.90 Å². The number of carbonyl (C=O) groups is 1. The lowest BCUT2D eigenvalue weighted by atomic mass is 10.00. The molecule has 1 atom stereocenters. The van der Waals surface area contributed by atoms with Crippen LogP contribution in [0.15, 0.2) is 54.6 Å². The Kier molecular flexibility index (Phi) is 7.90. The summed E-state index contributed by atoms with van der Waals surface area (Å²) in [5.41, 5.74) is 2.26. The predicted octanol–water partition coefficient (Wildman–Crippen LogP) is 4.86. The maximum atomic E-state index is 11.6. The number of esters is 1. The standard InChI is InChI=1S/C23H28ClNO3/c1-2-27-22(26)14-17-25-15-12-21(13-16-25)28-23(18-6-4-3-5-7-18)19-8-10-20(24)11-9-19/h3-11,21,23H,2,12-17H2,1H3. The number of carbonyl (C=O) groups excluding carboxylic acids is 1. The minimum atomic E-state index is -0.118. The predicted molar refractivity (Wildman–Crippen MR) is 112 cm³/mol. The number of halogens is 1. The first kappa shape index (κ1) is 20.8. The largest absolute Gasteiger partial charge is 0.466 e. The average Bonchev–Trinajstić information content (AvgIpc) is 2.73. The van der Waals surface area contributed by atoms with Gasteiger partial charge in [-0.15, -0.1) is 0 Å². The van der Waals surface area contributed by atoms with Gasteiger partial charge in [-0.25, -0.2) is 0 Å². The van der Waals surface area contributed by atoms with Gasteiger partial charge in [-0.05, 0) is 43.0 Å². The lowest BCUT2D eigenvalue weighted by molar-refractivity contribution is -0.143. The highest BCUT2D eigenvalue weighted by Crippen LogP contribution is 2.30. The van der Waals surface area contributed by atoms with Crippen LogP contribution in [-0.4, -0.2) is 43.2 Å². The SMILES string of the molecule is CCOC(=O)CCN1CCC(OC(c2ccccc2)c2ccc(Cl)cc2)CC1. The van der Waals surface area contributed by atoms with E-state index in [-0.39, 0.29) is 18.2 Å². The topological polar surface area (TPSA) is 38.8 Å². The van der Waals surface area contributed by atoms with Crippen LogP contribution in [0, 0.1) is 0 Å². The highest BCUT2D eigenvalue weighted by Gasteiger charge is 2.25. The Hall–Kier alpha value is -1.88. The van der Waals surface area contributed by atoms with E-state index in [0.29, 0.717) is 13.0 Å². The van der Waals surface area contributed by atoms with Crippen molar-refractivity contribution in [2.75, 3.05) is 26.2 Å². The van der Waals surface area contributed by atoms with E-state index in [0.717, 1.165) is 48.6 Å². The molecule has 0 N–H and O–H groups in total. The molecule has 28 heavy (non-hydrogen) atoms. The van der Waals surface area contributed by atoms with Gasteiger partial charge >= 0.3 is 5.97 Å². The summed E-state index contributed by atoms with van der Waals surface area (Å²) < 4.78 is 11.6. The molecule has 1 aliphatic rings. The summed E-state index contributed by atoms with van der Waals surface area (Å²) in [7, 11) is 0. The Labute approximate surface area is 172 Å². The van der Waals surface area contributed by atoms with E-state index in [2.05, 4.69) is 17.0 Å². The number of benzene rings is 2. The van der Waals surface area contributed by atoms with Crippen LogP contribution < -0.4 is 0 Å². The van der Waals surface area contributed by atoms with E-state index in [1.807, 2.05) is 49.4 Å². The van der Waals surface area contributed by atoms with Crippen molar-refractivity contribution >= 4 is 17.6 Å². The van der Waals surface area contributed by atoms with Crippen molar-refractivity contribution in [3.63, 3.8) is 0 Å². The van der Waals surface area contributed by atoms with Crippen molar-refractivity contribution in [1.29, 1.82) is 0 Å². The van der Waals surface area contributed by atoms with Gasteiger partial charge in [0.2, 0.25) is 0 Å². The van der Waals surface area contributed by atoms with Crippen molar-refractivity contribution in [3.05, 3.63) is 70.7 Å². The average molecular weight is 402 g/mol. The number of piperidine rings is 1. The first-order chi connectivity index (χ1) is 13.7. The van der Waals surface area contributed by atoms with Gasteiger partial charge in [0.05, 0.1) is 19.1 Å². The highest BCUT2D eigenvalue weighted by atomic mass is 35.5. The second-order valence-corrected chi connectivity index (χ2v) is 7.51. The van der Waals surface area contributed by atoms with Crippen molar-refractivity contribution in [2.24, 2.45) is 0 Å². The zero-order valence-corrected chi connectivity index (χ0v) is 17.1. The van der Waals surface area contributed by atoms with E-state index in [1.54, 1.807) is 0 Å². The smallest absolute Gasteiger partial charge is 0.307 e. The monoisotopic (exact) mass is 401 g/mol. The second kappa shape index (κ2) is 10.6. The van der Waals surface area contributed by atoms with Crippen LogP contribution in [0.1, 0.15) is 43.4 Å². The minimum Gasteiger partial charge on any atom is -0.466 e. The van der Waals surface area contributed by atoms with Crippen LogP contribution in [0.4, 0.5) is 0 Å². The third-order valence-electron chi connectivity index (χ3n) is 5.08. The summed E-state index contributed by atoms with van der Waals surface area (Å²) in [6, 6.07) is 18.2. The molecule has 0 aliphatic carbocycles. The molecular weight excluding hydrogens is 374 g/mol. The van der Waals surface area contributed by atoms with E-state index >= 15 is 0 Å². The van der Waals surface area contributed by atoms with Crippen LogP contribution in [0.2, 0.25) is 5.02 Å². The summed E-state index contributed by atoms with van der Waals surface area (Å²) in [5.74, 6) is -0.118. The van der Waals surface area contributed by atoms with Crippen molar-refractivity contribution in [2.45, 2.75) is 38.4 Å². The lowest BCUT2D eigenvalue weighted by Gasteiger charge is -2.34. The van der Waals surface area contributed by atoms with Gasteiger partial charge in [-0.2, -0.15) is 0 Å². The number of nitrogens with zero attached hydrogens (tertiary/aromatic N) is 1. The summed E-state index contributed by atoms with van der Waals surface area (Å²) in [6.07, 6.45) is 2.46. The van der Waals surface area contributed by atoms with Gasteiger partial charge in [-0.3, -0.25) is 4.79 Å². The zero-order chi connectivity index (χ0) is 19.8. The molecule has 0 radical (unpaired) electrons. The fourth-order valence-electron chi connectivity index (χ4n) is 3.56. The summed E-state index contributed by atoms with van der Waals surface area (Å²) in [6.45, 7) is 4.91. The quantitative estimate of drug-likeness (QED) is 0.592. The molecule has 1 unspecified atom stereocenters. The van der Waals surface area contributed by atoms with E-state index in [9.17, 15) is 4.79 Å². The zero-order valence-electron chi connectivity index (χ0n) is 16.4. The third kappa shape index (κ3) is 6.06. The first-order valence-corrected chi connectivity index (χ1v) is 10.4. The molecule has 2 aromatic carbocycles. The molecule has 0 saturated carbocycles. The molecule has 3 rings (SSSR count). The number of ether oxygens (including phenoxy) is 2. The summed E-state index contributed by atoms with van der Waals surface area (Å²) in [5, 5.41) is 0.727. The lowest BCUT2D eigenvalue weighted by Crippen LogP contribution is -2.38. The van der Waals surface area contributed by atoms with E-state index < -0.39 is 0 Å². The maximum absolute atomic E-state index is 11.6. The number of hydrogen-bond acceptors (Lipinski definition) is 4. The third-order valence-corrected chi connectivity index (χ3v) is 5.33. The molecule has 0 bridgehead atoms. The second-order valence-electron chi connectivity index (χ2n) is 7.07. The van der Waals surface area contributed by atoms with E-state index in [4.69, 9.17) is 21.1 Å². The van der Waals surface area contributed by atoms with Crippen LogP contribution in [0.25, 0.3) is 0 Å². The molecule has 1 aliphatic heterocycles. The Balaban J connectivity index is 1.58. The van der Waals surface area contributed by atoms with Gasteiger partial charge in [-0.1, -0.05) is 54.1 Å². The van der Waals surface area contributed by atoms with Gasteiger partial charge in [0.15, 0.2) is 0 Å². The Morgan fingerprint density at radius 2 is 1.71 bits per heavy atom. The van der Waals surface area contributed by atoms with Crippen LogP contribution in [-0.2, 0) is 14.3 Å². The molecule has 0 aromatic heterocycles. The molecule has 4 nitrogen and oxygen atoms in total. The number of hydrogen-bond donors (Lipinski definition) is 0. The highest BCUT2D eigenvalue weighted by molar-refractivity contribution is 6.30. The van der Waals surface area contributed by atoms with Crippen molar-refractivity contribution in [3.8, 4) is 0 Å². The van der Waals surface area contributed by atoms with Gasteiger partial charge in [0, 0.05) is 24.7 Å². The molecular formula is C23H28ClNO3. The van der Waals surface area contributed by atoms with Gasteiger partial charge in [0.1, 0.15) is 6.10 Å². The fourth-order valence-corrected chi connectivity index (χ4v) is 3.68.